The first-order valence-corrected chi connectivity index (χ1v) is 2.88. The van der Waals surface area contributed by atoms with Crippen molar-refractivity contribution >= 4 is 0 Å². The summed E-state index contributed by atoms with van der Waals surface area (Å²) in [5.41, 5.74) is 0. The van der Waals surface area contributed by atoms with Gasteiger partial charge in [-0.1, -0.05) is 6.58 Å². The molecule has 2 heteroatoms. The fourth-order valence-electron chi connectivity index (χ4n) is 0.971. The molecular formula is C6H12N2. The molecule has 1 heterocycles. The SMILES string of the molecule is C=CNC1CN(C)C1. The van der Waals surface area contributed by atoms with Crippen LogP contribution in [0.25, 0.3) is 0 Å². The molecule has 0 spiro atoms. The number of likely N-dealkylation sites (tertiary alicyclic amines) is 1. The molecule has 1 aliphatic heterocycles. The first kappa shape index (κ1) is 5.63. The first-order chi connectivity index (χ1) is 3.83. The van der Waals surface area contributed by atoms with E-state index in [2.05, 4.69) is 23.8 Å². The van der Waals surface area contributed by atoms with Crippen molar-refractivity contribution in [2.75, 3.05) is 20.1 Å². The molecule has 8 heavy (non-hydrogen) atoms. The molecule has 0 aromatic heterocycles. The van der Waals surface area contributed by atoms with E-state index < -0.39 is 0 Å². The Bertz CT molecular complexity index is 84.5. The maximum absolute atomic E-state index is 3.58. The number of hydrogen-bond acceptors (Lipinski definition) is 2. The van der Waals surface area contributed by atoms with Crippen molar-refractivity contribution in [2.24, 2.45) is 0 Å². The molecule has 0 saturated carbocycles. The van der Waals surface area contributed by atoms with Crippen molar-refractivity contribution in [1.29, 1.82) is 0 Å². The maximum atomic E-state index is 3.58. The van der Waals surface area contributed by atoms with Crippen molar-refractivity contribution in [2.45, 2.75) is 6.04 Å². The van der Waals surface area contributed by atoms with E-state index in [0.717, 1.165) is 13.1 Å². The summed E-state index contributed by atoms with van der Waals surface area (Å²) in [5.74, 6) is 0. The van der Waals surface area contributed by atoms with Gasteiger partial charge in [-0.3, -0.25) is 0 Å². The lowest BCUT2D eigenvalue weighted by molar-refractivity contribution is 0.174. The lowest BCUT2D eigenvalue weighted by Crippen LogP contribution is -2.54. The third-order valence-corrected chi connectivity index (χ3v) is 1.42. The van der Waals surface area contributed by atoms with Gasteiger partial charge >= 0.3 is 0 Å². The van der Waals surface area contributed by atoms with Gasteiger partial charge in [0.25, 0.3) is 0 Å². The number of hydrogen-bond donors (Lipinski definition) is 1. The minimum atomic E-state index is 0.664. The van der Waals surface area contributed by atoms with Crippen LogP contribution < -0.4 is 5.32 Å². The fraction of sp³-hybridized carbons (Fsp3) is 0.667. The lowest BCUT2D eigenvalue weighted by Gasteiger charge is -2.36. The number of rotatable bonds is 2. The second-order valence-corrected chi connectivity index (χ2v) is 2.29. The molecule has 0 bridgehead atoms. The molecule has 1 saturated heterocycles. The van der Waals surface area contributed by atoms with E-state index in [1.54, 1.807) is 6.20 Å². The number of nitrogens with one attached hydrogen (secondary N) is 1. The van der Waals surface area contributed by atoms with Crippen molar-refractivity contribution in [3.63, 3.8) is 0 Å². The summed E-state index contributed by atoms with van der Waals surface area (Å²) >= 11 is 0. The molecule has 1 rings (SSSR count). The second-order valence-electron chi connectivity index (χ2n) is 2.29. The number of likely N-dealkylation sites (N-methyl/N-ethyl adjacent to an activating group) is 1. The highest BCUT2D eigenvalue weighted by Crippen LogP contribution is 2.01. The van der Waals surface area contributed by atoms with Gasteiger partial charge in [-0.25, -0.2) is 0 Å². The van der Waals surface area contributed by atoms with Crippen LogP contribution in [0.2, 0.25) is 0 Å². The van der Waals surface area contributed by atoms with Gasteiger partial charge in [-0.2, -0.15) is 0 Å². The zero-order chi connectivity index (χ0) is 5.98. The van der Waals surface area contributed by atoms with Crippen LogP contribution in [0.4, 0.5) is 0 Å². The molecule has 0 aliphatic carbocycles. The van der Waals surface area contributed by atoms with E-state index in [1.165, 1.54) is 0 Å². The third kappa shape index (κ3) is 1.01. The Morgan fingerprint density at radius 3 is 2.75 bits per heavy atom. The standard InChI is InChI=1S/C6H12N2/c1-3-7-6-4-8(2)5-6/h3,6-7H,1,4-5H2,2H3. The maximum Gasteiger partial charge on any atom is 0.0509 e. The molecule has 1 N–H and O–H groups in total. The zero-order valence-corrected chi connectivity index (χ0v) is 5.22. The Kier molecular flexibility index (Phi) is 1.53. The molecular weight excluding hydrogens is 100 g/mol. The fourth-order valence-corrected chi connectivity index (χ4v) is 0.971. The zero-order valence-electron chi connectivity index (χ0n) is 5.22. The quantitative estimate of drug-likeness (QED) is 0.542. The Morgan fingerprint density at radius 1 is 1.75 bits per heavy atom. The Hall–Kier alpha value is -0.500. The van der Waals surface area contributed by atoms with Gasteiger partial charge in [0.1, 0.15) is 0 Å². The number of nitrogens with zero attached hydrogens (tertiary/aromatic N) is 1. The van der Waals surface area contributed by atoms with Crippen LogP contribution >= 0.6 is 0 Å². The highest BCUT2D eigenvalue weighted by molar-refractivity contribution is 4.86. The van der Waals surface area contributed by atoms with Crippen molar-refractivity contribution < 1.29 is 0 Å². The van der Waals surface area contributed by atoms with E-state index in [-0.39, 0.29) is 0 Å². The summed E-state index contributed by atoms with van der Waals surface area (Å²) in [7, 11) is 2.11. The first-order valence-electron chi connectivity index (χ1n) is 2.88. The summed E-state index contributed by atoms with van der Waals surface area (Å²) in [5, 5.41) is 3.13. The van der Waals surface area contributed by atoms with E-state index in [9.17, 15) is 0 Å². The monoisotopic (exact) mass is 112 g/mol. The second kappa shape index (κ2) is 2.18. The van der Waals surface area contributed by atoms with Crippen LogP contribution in [-0.4, -0.2) is 31.1 Å². The van der Waals surface area contributed by atoms with E-state index in [4.69, 9.17) is 0 Å². The van der Waals surface area contributed by atoms with E-state index >= 15 is 0 Å². The molecule has 0 unspecified atom stereocenters. The highest BCUT2D eigenvalue weighted by Gasteiger charge is 2.20. The molecule has 0 aromatic carbocycles. The van der Waals surface area contributed by atoms with Crippen LogP contribution in [0.3, 0.4) is 0 Å². The molecule has 0 radical (unpaired) electrons. The van der Waals surface area contributed by atoms with Gasteiger partial charge in [-0.05, 0) is 13.2 Å². The van der Waals surface area contributed by atoms with Gasteiger partial charge in [0.05, 0.1) is 6.04 Å². The van der Waals surface area contributed by atoms with Gasteiger partial charge < -0.3 is 10.2 Å². The summed E-state index contributed by atoms with van der Waals surface area (Å²) in [4.78, 5) is 2.27. The van der Waals surface area contributed by atoms with Crippen LogP contribution in [0.5, 0.6) is 0 Å². The molecule has 0 amide bonds. The largest absolute Gasteiger partial charge is 0.386 e. The van der Waals surface area contributed by atoms with Crippen LogP contribution in [0, 0.1) is 0 Å². The molecule has 0 atom stereocenters. The predicted octanol–water partition coefficient (Wildman–Crippen LogP) is 0.0335. The van der Waals surface area contributed by atoms with Crippen molar-refractivity contribution in [1.82, 2.24) is 10.2 Å². The molecule has 1 fully saturated rings. The minimum Gasteiger partial charge on any atom is -0.386 e. The van der Waals surface area contributed by atoms with Gasteiger partial charge in [-0.15, -0.1) is 0 Å². The topological polar surface area (TPSA) is 15.3 Å². The van der Waals surface area contributed by atoms with Crippen molar-refractivity contribution in [3.05, 3.63) is 12.8 Å². The predicted molar refractivity (Wildman–Crippen MR) is 34.6 cm³/mol. The Morgan fingerprint density at radius 2 is 2.38 bits per heavy atom. The average Bonchev–Trinajstić information content (AvgIpc) is 1.64. The molecule has 2 nitrogen and oxygen atoms in total. The Balaban J connectivity index is 2.06. The van der Waals surface area contributed by atoms with Crippen LogP contribution in [0.1, 0.15) is 0 Å². The molecule has 46 valence electrons. The normalized spacial score (nSPS) is 22.1. The smallest absolute Gasteiger partial charge is 0.0509 e. The van der Waals surface area contributed by atoms with E-state index in [0.29, 0.717) is 6.04 Å². The van der Waals surface area contributed by atoms with Crippen LogP contribution in [-0.2, 0) is 0 Å². The summed E-state index contributed by atoms with van der Waals surface area (Å²) in [6, 6.07) is 0.664. The summed E-state index contributed by atoms with van der Waals surface area (Å²) in [6.45, 7) is 5.90. The third-order valence-electron chi connectivity index (χ3n) is 1.42. The molecule has 0 aromatic rings. The van der Waals surface area contributed by atoms with Gasteiger partial charge in [0.15, 0.2) is 0 Å². The highest BCUT2D eigenvalue weighted by atomic mass is 15.2. The minimum absolute atomic E-state index is 0.664. The van der Waals surface area contributed by atoms with Gasteiger partial charge in [0, 0.05) is 13.1 Å². The van der Waals surface area contributed by atoms with Crippen LogP contribution in [0.15, 0.2) is 12.8 Å². The summed E-state index contributed by atoms with van der Waals surface area (Å²) in [6.07, 6.45) is 1.76. The summed E-state index contributed by atoms with van der Waals surface area (Å²) < 4.78 is 0. The molecule has 1 aliphatic rings. The lowest BCUT2D eigenvalue weighted by atomic mass is 10.1. The Labute approximate surface area is 50.2 Å². The van der Waals surface area contributed by atoms with E-state index in [1.807, 2.05) is 0 Å². The van der Waals surface area contributed by atoms with Gasteiger partial charge in [0.2, 0.25) is 0 Å². The average molecular weight is 112 g/mol. The van der Waals surface area contributed by atoms with Crippen molar-refractivity contribution in [3.8, 4) is 0 Å².